The molecule has 0 saturated heterocycles. The quantitative estimate of drug-likeness (QED) is 0.186. The van der Waals surface area contributed by atoms with Crippen molar-refractivity contribution in [2.75, 3.05) is 5.73 Å². The highest BCUT2D eigenvalue weighted by atomic mass is 32.2. The Hall–Kier alpha value is -4.67. The highest BCUT2D eigenvalue weighted by Crippen LogP contribution is 2.39. The van der Waals surface area contributed by atoms with Crippen LogP contribution in [-0.4, -0.2) is 4.57 Å². The van der Waals surface area contributed by atoms with Crippen molar-refractivity contribution in [2.24, 2.45) is 0 Å². The Morgan fingerprint density at radius 3 is 2.18 bits per heavy atom. The Labute approximate surface area is 229 Å². The second-order valence-electron chi connectivity index (χ2n) is 9.97. The van der Waals surface area contributed by atoms with E-state index in [1.807, 2.05) is 24.3 Å². The van der Waals surface area contributed by atoms with E-state index in [0.29, 0.717) is 0 Å². The molecule has 6 aromatic carbocycles. The molecule has 0 spiro atoms. The number of anilines is 1. The third-order valence-corrected chi connectivity index (χ3v) is 8.82. The molecule has 0 atom stereocenters. The Morgan fingerprint density at radius 2 is 1.33 bits per heavy atom. The smallest absolute Gasteiger partial charge is 0.137 e. The number of furan rings is 1. The molecule has 2 N–H and O–H groups in total. The van der Waals surface area contributed by atoms with Crippen molar-refractivity contribution < 1.29 is 4.42 Å². The average molecular weight is 521 g/mol. The van der Waals surface area contributed by atoms with Crippen molar-refractivity contribution in [3.05, 3.63) is 127 Å². The molecule has 39 heavy (non-hydrogen) atoms. The molecule has 2 heterocycles. The number of aromatic nitrogens is 1. The highest BCUT2D eigenvalue weighted by Gasteiger charge is 2.15. The van der Waals surface area contributed by atoms with E-state index in [2.05, 4.69) is 102 Å². The van der Waals surface area contributed by atoms with Gasteiger partial charge in [-0.15, -0.1) is 11.8 Å². The van der Waals surface area contributed by atoms with Gasteiger partial charge in [0.2, 0.25) is 0 Å². The SMILES string of the molecule is Nc1c(SCc2ccc(-n3c4ccccc4c4cc5ccccc5cc43)cc2)ccc2oc3ccccc3c12. The first kappa shape index (κ1) is 22.3. The summed E-state index contributed by atoms with van der Waals surface area (Å²) in [7, 11) is 0. The second kappa shape index (κ2) is 8.69. The van der Waals surface area contributed by atoms with Crippen LogP contribution >= 0.6 is 11.8 Å². The predicted molar refractivity (Wildman–Crippen MR) is 166 cm³/mol. The van der Waals surface area contributed by atoms with Crippen LogP contribution in [0.3, 0.4) is 0 Å². The standard InChI is InChI=1S/C35H24N2OS/c36-35-33(18-17-32-34(35)27-10-4-6-12-31(27)38-32)39-21-22-13-15-25(16-14-22)37-29-11-5-3-9-26(29)28-19-23-7-1-2-8-24(23)20-30(28)37/h1-20H,21,36H2. The zero-order valence-corrected chi connectivity index (χ0v) is 21.9. The first-order valence-electron chi connectivity index (χ1n) is 13.1. The van der Waals surface area contributed by atoms with Gasteiger partial charge in [-0.3, -0.25) is 0 Å². The summed E-state index contributed by atoms with van der Waals surface area (Å²) in [5.74, 6) is 0.837. The summed E-state index contributed by atoms with van der Waals surface area (Å²) in [5, 5.41) is 7.14. The van der Waals surface area contributed by atoms with Crippen LogP contribution < -0.4 is 5.73 Å². The molecule has 4 heteroatoms. The Bertz CT molecular complexity index is 2190. The van der Waals surface area contributed by atoms with Crippen molar-refractivity contribution in [2.45, 2.75) is 10.6 Å². The molecule has 3 nitrogen and oxygen atoms in total. The van der Waals surface area contributed by atoms with Crippen molar-refractivity contribution >= 4 is 72.0 Å². The highest BCUT2D eigenvalue weighted by molar-refractivity contribution is 7.98. The Balaban J connectivity index is 1.15. The Morgan fingerprint density at radius 1 is 0.615 bits per heavy atom. The molecule has 0 unspecified atom stereocenters. The third kappa shape index (κ3) is 3.53. The molecule has 8 aromatic rings. The first-order chi connectivity index (χ1) is 19.2. The summed E-state index contributed by atoms with van der Waals surface area (Å²) in [5.41, 5.74) is 14.0. The van der Waals surface area contributed by atoms with Crippen LogP contribution in [0.15, 0.2) is 131 Å². The molecule has 186 valence electrons. The van der Waals surface area contributed by atoms with E-state index in [4.69, 9.17) is 10.2 Å². The largest absolute Gasteiger partial charge is 0.456 e. The normalized spacial score (nSPS) is 11.9. The number of thioether (sulfide) groups is 1. The first-order valence-corrected chi connectivity index (χ1v) is 14.1. The number of nitrogens with zero attached hydrogens (tertiary/aromatic N) is 1. The number of para-hydroxylation sites is 2. The summed E-state index contributed by atoms with van der Waals surface area (Å²) in [6, 6.07) is 43.0. The van der Waals surface area contributed by atoms with Crippen molar-refractivity contribution in [3.63, 3.8) is 0 Å². The van der Waals surface area contributed by atoms with Crippen LogP contribution in [0.4, 0.5) is 5.69 Å². The number of fused-ring (bicyclic) bond motifs is 7. The maximum absolute atomic E-state index is 6.64. The van der Waals surface area contributed by atoms with E-state index >= 15 is 0 Å². The van der Waals surface area contributed by atoms with Gasteiger partial charge in [-0.25, -0.2) is 0 Å². The number of nitrogen functional groups attached to an aromatic ring is 1. The fourth-order valence-corrected chi connectivity index (χ4v) is 6.72. The number of benzene rings is 6. The van der Waals surface area contributed by atoms with E-state index in [1.165, 1.54) is 38.1 Å². The van der Waals surface area contributed by atoms with Crippen molar-refractivity contribution in [3.8, 4) is 5.69 Å². The molecule has 2 aromatic heterocycles. The zero-order chi connectivity index (χ0) is 25.9. The lowest BCUT2D eigenvalue weighted by Crippen LogP contribution is -1.94. The number of hydrogen-bond acceptors (Lipinski definition) is 3. The van der Waals surface area contributed by atoms with Gasteiger partial charge in [0.25, 0.3) is 0 Å². The van der Waals surface area contributed by atoms with Gasteiger partial charge in [0.05, 0.1) is 22.1 Å². The summed E-state index contributed by atoms with van der Waals surface area (Å²) >= 11 is 1.76. The van der Waals surface area contributed by atoms with Gasteiger partial charge in [0, 0.05) is 32.5 Å². The predicted octanol–water partition coefficient (Wildman–Crippen LogP) is 9.71. The lowest BCUT2D eigenvalue weighted by atomic mass is 10.1. The van der Waals surface area contributed by atoms with Crippen LogP contribution in [0.5, 0.6) is 0 Å². The molecule has 0 amide bonds. The van der Waals surface area contributed by atoms with Crippen LogP contribution in [0.25, 0.3) is 60.2 Å². The van der Waals surface area contributed by atoms with E-state index in [9.17, 15) is 0 Å². The molecule has 0 radical (unpaired) electrons. The fraction of sp³-hybridized carbons (Fsp3) is 0.0286. The van der Waals surface area contributed by atoms with Gasteiger partial charge in [0.1, 0.15) is 11.2 Å². The second-order valence-corrected chi connectivity index (χ2v) is 11.0. The molecule has 0 saturated carbocycles. The summed E-state index contributed by atoms with van der Waals surface area (Å²) in [6.45, 7) is 0. The van der Waals surface area contributed by atoms with E-state index in [1.54, 1.807) is 11.8 Å². The molecule has 0 fully saturated rings. The lowest BCUT2D eigenvalue weighted by molar-refractivity contribution is 0.669. The number of rotatable bonds is 4. The molecule has 0 aliphatic rings. The van der Waals surface area contributed by atoms with Gasteiger partial charge < -0.3 is 14.7 Å². The van der Waals surface area contributed by atoms with Crippen LogP contribution in [-0.2, 0) is 5.75 Å². The third-order valence-electron chi connectivity index (χ3n) is 7.67. The van der Waals surface area contributed by atoms with E-state index in [-0.39, 0.29) is 0 Å². The minimum Gasteiger partial charge on any atom is -0.456 e. The maximum atomic E-state index is 6.64. The molecule has 0 bridgehead atoms. The summed E-state index contributed by atoms with van der Waals surface area (Å²) < 4.78 is 8.37. The van der Waals surface area contributed by atoms with Crippen molar-refractivity contribution in [1.29, 1.82) is 0 Å². The molecular weight excluding hydrogens is 496 g/mol. The van der Waals surface area contributed by atoms with Gasteiger partial charge in [-0.2, -0.15) is 0 Å². The summed E-state index contributed by atoms with van der Waals surface area (Å²) in [4.78, 5) is 1.08. The monoisotopic (exact) mass is 520 g/mol. The molecule has 8 rings (SSSR count). The van der Waals surface area contributed by atoms with E-state index in [0.717, 1.165) is 44.0 Å². The minimum atomic E-state index is 0.788. The molecule has 0 aliphatic heterocycles. The number of hydrogen-bond donors (Lipinski definition) is 1. The lowest BCUT2D eigenvalue weighted by Gasteiger charge is -2.10. The number of nitrogens with two attached hydrogens (primary N) is 1. The molecular formula is C35H24N2OS. The van der Waals surface area contributed by atoms with Crippen LogP contribution in [0.2, 0.25) is 0 Å². The van der Waals surface area contributed by atoms with Gasteiger partial charge >= 0.3 is 0 Å². The van der Waals surface area contributed by atoms with Gasteiger partial charge in [-0.05, 0) is 64.9 Å². The maximum Gasteiger partial charge on any atom is 0.137 e. The van der Waals surface area contributed by atoms with E-state index < -0.39 is 0 Å². The van der Waals surface area contributed by atoms with Crippen molar-refractivity contribution in [1.82, 2.24) is 4.57 Å². The Kier molecular flexibility index (Phi) is 4.97. The van der Waals surface area contributed by atoms with Crippen LogP contribution in [0.1, 0.15) is 5.56 Å². The molecule has 0 aliphatic carbocycles. The fourth-order valence-electron chi connectivity index (χ4n) is 5.79. The minimum absolute atomic E-state index is 0.788. The topological polar surface area (TPSA) is 44.1 Å². The average Bonchev–Trinajstić information content (AvgIpc) is 3.52. The zero-order valence-electron chi connectivity index (χ0n) is 21.1. The van der Waals surface area contributed by atoms with Crippen LogP contribution in [0, 0.1) is 0 Å². The van der Waals surface area contributed by atoms with Gasteiger partial charge in [-0.1, -0.05) is 72.8 Å². The summed E-state index contributed by atoms with van der Waals surface area (Å²) in [6.07, 6.45) is 0. The van der Waals surface area contributed by atoms with Gasteiger partial charge in [0.15, 0.2) is 0 Å².